The van der Waals surface area contributed by atoms with Crippen LogP contribution in [0.4, 0.5) is 0 Å². The van der Waals surface area contributed by atoms with Gasteiger partial charge in [-0.05, 0) is 37.7 Å². The van der Waals surface area contributed by atoms with E-state index in [-0.39, 0.29) is 5.91 Å². The molecule has 1 aliphatic heterocycles. The lowest BCUT2D eigenvalue weighted by Crippen LogP contribution is -2.32. The van der Waals surface area contributed by atoms with Crippen LogP contribution in [0.3, 0.4) is 0 Å². The number of nitrogens with zero attached hydrogens (tertiary/aromatic N) is 3. The summed E-state index contributed by atoms with van der Waals surface area (Å²) in [5, 5.41) is 3.03. The fraction of sp³-hybridized carbons (Fsp3) is 0.611. The average molecular weight is 328 g/mol. The summed E-state index contributed by atoms with van der Waals surface area (Å²) in [4.78, 5) is 21.4. The molecule has 6 heteroatoms. The molecule has 4 rings (SSSR count). The Hall–Kier alpha value is -1.95. The van der Waals surface area contributed by atoms with Crippen molar-refractivity contribution in [2.75, 3.05) is 19.8 Å². The highest BCUT2D eigenvalue weighted by atomic mass is 16.5. The number of amides is 1. The van der Waals surface area contributed by atoms with E-state index in [1.54, 1.807) is 6.20 Å². The monoisotopic (exact) mass is 328 g/mol. The van der Waals surface area contributed by atoms with Crippen LogP contribution in [0, 0.1) is 5.92 Å². The van der Waals surface area contributed by atoms with Gasteiger partial charge in [0.15, 0.2) is 5.65 Å². The first-order valence-corrected chi connectivity index (χ1v) is 9.00. The smallest absolute Gasteiger partial charge is 0.252 e. The third-order valence-corrected chi connectivity index (χ3v) is 5.29. The standard InChI is InChI=1S/C18H24N4O2/c23-18(20-10-13-5-7-24-8-6-13)14-9-16-17(19-11-14)22(12-21-16)15-3-1-2-4-15/h9,11-13,15H,1-8,10H2,(H,20,23). The number of aromatic nitrogens is 3. The molecule has 1 amide bonds. The van der Waals surface area contributed by atoms with Crippen molar-refractivity contribution < 1.29 is 9.53 Å². The Kier molecular flexibility index (Phi) is 4.47. The number of carbonyl (C=O) groups is 1. The van der Waals surface area contributed by atoms with Crippen LogP contribution in [0.15, 0.2) is 18.6 Å². The zero-order valence-corrected chi connectivity index (χ0v) is 13.9. The molecule has 1 aliphatic carbocycles. The fourth-order valence-corrected chi connectivity index (χ4v) is 3.78. The topological polar surface area (TPSA) is 69.0 Å². The largest absolute Gasteiger partial charge is 0.381 e. The number of ether oxygens (including phenoxy) is 1. The van der Waals surface area contributed by atoms with Gasteiger partial charge in [-0.15, -0.1) is 0 Å². The molecule has 3 heterocycles. The Labute approximate surface area is 141 Å². The van der Waals surface area contributed by atoms with Gasteiger partial charge in [-0.1, -0.05) is 12.8 Å². The maximum absolute atomic E-state index is 12.4. The predicted molar refractivity (Wildman–Crippen MR) is 90.9 cm³/mol. The summed E-state index contributed by atoms with van der Waals surface area (Å²) < 4.78 is 7.52. The van der Waals surface area contributed by atoms with E-state index in [9.17, 15) is 4.79 Å². The first kappa shape index (κ1) is 15.6. The molecule has 0 spiro atoms. The number of rotatable bonds is 4. The van der Waals surface area contributed by atoms with Crippen molar-refractivity contribution in [1.82, 2.24) is 19.9 Å². The maximum atomic E-state index is 12.4. The first-order valence-electron chi connectivity index (χ1n) is 9.00. The summed E-state index contributed by atoms with van der Waals surface area (Å²) in [5.41, 5.74) is 2.29. The highest BCUT2D eigenvalue weighted by molar-refractivity contribution is 5.96. The molecule has 2 aliphatic rings. The van der Waals surface area contributed by atoms with E-state index in [1.807, 2.05) is 12.4 Å². The Balaban J connectivity index is 1.45. The van der Waals surface area contributed by atoms with Crippen molar-refractivity contribution >= 4 is 17.1 Å². The highest BCUT2D eigenvalue weighted by Gasteiger charge is 2.20. The second-order valence-electron chi connectivity index (χ2n) is 6.92. The maximum Gasteiger partial charge on any atom is 0.252 e. The summed E-state index contributed by atoms with van der Waals surface area (Å²) in [6.07, 6.45) is 10.5. The van der Waals surface area contributed by atoms with E-state index in [2.05, 4.69) is 19.9 Å². The van der Waals surface area contributed by atoms with Crippen molar-refractivity contribution in [3.63, 3.8) is 0 Å². The third kappa shape index (κ3) is 3.15. The van der Waals surface area contributed by atoms with Crippen LogP contribution in [0.1, 0.15) is 54.9 Å². The number of imidazole rings is 1. The van der Waals surface area contributed by atoms with Crippen LogP contribution in [-0.2, 0) is 4.74 Å². The first-order chi connectivity index (χ1) is 11.8. The van der Waals surface area contributed by atoms with E-state index in [0.29, 0.717) is 24.1 Å². The zero-order valence-electron chi connectivity index (χ0n) is 13.9. The lowest BCUT2D eigenvalue weighted by molar-refractivity contribution is 0.0642. The minimum absolute atomic E-state index is 0.0636. The van der Waals surface area contributed by atoms with Crippen LogP contribution >= 0.6 is 0 Å². The molecule has 1 saturated heterocycles. The van der Waals surface area contributed by atoms with Gasteiger partial charge >= 0.3 is 0 Å². The zero-order chi connectivity index (χ0) is 16.4. The Bertz CT molecular complexity index is 715. The number of carbonyl (C=O) groups excluding carboxylic acids is 1. The number of fused-ring (bicyclic) bond motifs is 1. The summed E-state index contributed by atoms with van der Waals surface area (Å²) in [6, 6.07) is 2.36. The van der Waals surface area contributed by atoms with Gasteiger partial charge in [-0.25, -0.2) is 9.97 Å². The van der Waals surface area contributed by atoms with Crippen LogP contribution in [0.25, 0.3) is 11.2 Å². The second-order valence-corrected chi connectivity index (χ2v) is 6.92. The van der Waals surface area contributed by atoms with E-state index >= 15 is 0 Å². The highest BCUT2D eigenvalue weighted by Crippen LogP contribution is 2.31. The van der Waals surface area contributed by atoms with Gasteiger partial charge in [0.05, 0.1) is 11.9 Å². The predicted octanol–water partition coefficient (Wildman–Crippen LogP) is 2.70. The molecule has 128 valence electrons. The molecular formula is C18H24N4O2. The number of pyridine rings is 1. The van der Waals surface area contributed by atoms with Gasteiger partial charge in [0.1, 0.15) is 5.52 Å². The summed E-state index contributed by atoms with van der Waals surface area (Å²) in [7, 11) is 0. The van der Waals surface area contributed by atoms with E-state index in [4.69, 9.17) is 4.74 Å². The van der Waals surface area contributed by atoms with Crippen LogP contribution in [-0.4, -0.2) is 40.2 Å². The molecule has 1 saturated carbocycles. The molecule has 2 aromatic rings. The van der Waals surface area contributed by atoms with Gasteiger partial charge in [0.2, 0.25) is 0 Å². The lowest BCUT2D eigenvalue weighted by atomic mass is 10.0. The molecule has 2 aromatic heterocycles. The van der Waals surface area contributed by atoms with Gasteiger partial charge in [-0.2, -0.15) is 0 Å². The average Bonchev–Trinajstić information content (AvgIpc) is 3.29. The van der Waals surface area contributed by atoms with Crippen molar-refractivity contribution in [3.05, 3.63) is 24.2 Å². The molecule has 2 fully saturated rings. The molecular weight excluding hydrogens is 304 g/mol. The van der Waals surface area contributed by atoms with Gasteiger partial charge in [0, 0.05) is 32.0 Å². The summed E-state index contributed by atoms with van der Waals surface area (Å²) in [5.74, 6) is 0.451. The van der Waals surface area contributed by atoms with Crippen LogP contribution in [0.5, 0.6) is 0 Å². The summed E-state index contributed by atoms with van der Waals surface area (Å²) >= 11 is 0. The quantitative estimate of drug-likeness (QED) is 0.937. The number of hydrogen-bond donors (Lipinski definition) is 1. The lowest BCUT2D eigenvalue weighted by Gasteiger charge is -2.22. The number of nitrogens with one attached hydrogen (secondary N) is 1. The van der Waals surface area contributed by atoms with Crippen LogP contribution in [0.2, 0.25) is 0 Å². The van der Waals surface area contributed by atoms with Crippen molar-refractivity contribution in [3.8, 4) is 0 Å². The molecule has 0 radical (unpaired) electrons. The SMILES string of the molecule is O=C(NCC1CCOCC1)c1cnc2c(c1)ncn2C1CCCC1. The molecule has 0 atom stereocenters. The van der Waals surface area contributed by atoms with Gasteiger partial charge < -0.3 is 14.6 Å². The Morgan fingerprint density at radius 1 is 1.21 bits per heavy atom. The molecule has 0 aromatic carbocycles. The minimum Gasteiger partial charge on any atom is -0.381 e. The molecule has 0 unspecified atom stereocenters. The normalized spacial score (nSPS) is 19.8. The minimum atomic E-state index is -0.0636. The molecule has 6 nitrogen and oxygen atoms in total. The third-order valence-electron chi connectivity index (χ3n) is 5.29. The second kappa shape index (κ2) is 6.89. The van der Waals surface area contributed by atoms with Gasteiger partial charge in [-0.3, -0.25) is 4.79 Å². The van der Waals surface area contributed by atoms with Crippen molar-refractivity contribution in [1.29, 1.82) is 0 Å². The van der Waals surface area contributed by atoms with Gasteiger partial charge in [0.25, 0.3) is 5.91 Å². The Morgan fingerprint density at radius 2 is 2.00 bits per heavy atom. The van der Waals surface area contributed by atoms with E-state index < -0.39 is 0 Å². The molecule has 0 bridgehead atoms. The van der Waals surface area contributed by atoms with E-state index in [0.717, 1.165) is 37.2 Å². The molecule has 1 N–H and O–H groups in total. The summed E-state index contributed by atoms with van der Waals surface area (Å²) in [6.45, 7) is 2.30. The van der Waals surface area contributed by atoms with Crippen molar-refractivity contribution in [2.45, 2.75) is 44.6 Å². The van der Waals surface area contributed by atoms with Crippen LogP contribution < -0.4 is 5.32 Å². The fourth-order valence-electron chi connectivity index (χ4n) is 3.78. The number of hydrogen-bond acceptors (Lipinski definition) is 4. The van der Waals surface area contributed by atoms with E-state index in [1.165, 1.54) is 25.7 Å². The van der Waals surface area contributed by atoms with Crippen molar-refractivity contribution in [2.24, 2.45) is 5.92 Å². The Morgan fingerprint density at radius 3 is 2.79 bits per heavy atom. The molecule has 24 heavy (non-hydrogen) atoms.